The van der Waals surface area contributed by atoms with Crippen LogP contribution in [0.2, 0.25) is 0 Å². The Kier molecular flexibility index (Phi) is 10.0. The summed E-state index contributed by atoms with van der Waals surface area (Å²) in [6.45, 7) is 6.27. The number of rotatable bonds is 7. The van der Waals surface area contributed by atoms with Gasteiger partial charge in [0, 0.05) is 45.6 Å². The number of nitrogens with zero attached hydrogens (tertiary/aromatic N) is 3. The van der Waals surface area contributed by atoms with Gasteiger partial charge < -0.3 is 29.2 Å². The van der Waals surface area contributed by atoms with E-state index in [1.165, 1.54) is 0 Å². The molecule has 180 valence electrons. The third-order valence-electron chi connectivity index (χ3n) is 5.60. The fourth-order valence-electron chi connectivity index (χ4n) is 4.00. The molecule has 0 saturated carbocycles. The van der Waals surface area contributed by atoms with Crippen molar-refractivity contribution >= 4 is 29.9 Å². The first-order chi connectivity index (χ1) is 15.8. The lowest BCUT2D eigenvalue weighted by Crippen LogP contribution is -2.53. The zero-order valence-corrected chi connectivity index (χ0v) is 21.6. The van der Waals surface area contributed by atoms with Gasteiger partial charge in [0.2, 0.25) is 5.88 Å². The molecular weight excluding hydrogens is 535 g/mol. The van der Waals surface area contributed by atoms with Gasteiger partial charge >= 0.3 is 0 Å². The molecule has 0 radical (unpaired) electrons. The Morgan fingerprint density at radius 1 is 1.15 bits per heavy atom. The monoisotopic (exact) mass is 568 g/mol. The third-order valence-corrected chi connectivity index (χ3v) is 5.60. The number of benzene rings is 1. The van der Waals surface area contributed by atoms with Gasteiger partial charge in [-0.3, -0.25) is 4.99 Å². The molecule has 2 aromatic rings. The van der Waals surface area contributed by atoms with Gasteiger partial charge in [0.05, 0.1) is 19.3 Å². The number of para-hydroxylation sites is 2. The molecule has 9 heteroatoms. The summed E-state index contributed by atoms with van der Waals surface area (Å²) in [5.74, 6) is 2.75. The van der Waals surface area contributed by atoms with Crippen molar-refractivity contribution in [3.05, 3.63) is 48.2 Å². The fourth-order valence-corrected chi connectivity index (χ4v) is 4.00. The summed E-state index contributed by atoms with van der Waals surface area (Å²) in [6.07, 6.45) is 4.29. The Hall–Kier alpha value is -2.11. The normalized spacial score (nSPS) is 20.8. The second-order valence-corrected chi connectivity index (χ2v) is 7.79. The fraction of sp³-hybridized carbons (Fsp3) is 0.500. The third kappa shape index (κ3) is 6.94. The molecule has 0 bridgehead atoms. The maximum absolute atomic E-state index is 5.95. The predicted molar refractivity (Wildman–Crippen MR) is 138 cm³/mol. The van der Waals surface area contributed by atoms with Crippen LogP contribution >= 0.6 is 24.0 Å². The van der Waals surface area contributed by atoms with Crippen molar-refractivity contribution < 1.29 is 18.9 Å². The minimum absolute atomic E-state index is 0. The summed E-state index contributed by atoms with van der Waals surface area (Å²) in [6, 6.07) is 11.5. The molecule has 1 N–H and O–H groups in total. The first kappa shape index (κ1) is 25.5. The lowest BCUT2D eigenvalue weighted by Gasteiger charge is -2.37. The minimum Gasteiger partial charge on any atom is -0.490 e. The van der Waals surface area contributed by atoms with Crippen molar-refractivity contribution in [2.75, 3.05) is 40.0 Å². The first-order valence-corrected chi connectivity index (χ1v) is 11.3. The standard InChI is InChI=1S/C24H32N4O4.HI/c1-3-29-19-7-4-5-8-21(19)32-23-11-10-18(15-26-23)16-27-24(25-2)28-12-14-31-22(17-28)20-9-6-13-30-20;/h4-5,7-8,10-11,15,20,22H,3,6,9,12-14,16-17H2,1-2H3,(H,25,27);1H. The lowest BCUT2D eigenvalue weighted by atomic mass is 10.1. The van der Waals surface area contributed by atoms with Crippen LogP contribution in [0.5, 0.6) is 17.4 Å². The molecule has 0 spiro atoms. The van der Waals surface area contributed by atoms with E-state index in [1.807, 2.05) is 56.6 Å². The zero-order valence-electron chi connectivity index (χ0n) is 19.2. The van der Waals surface area contributed by atoms with Crippen molar-refractivity contribution in [3.8, 4) is 17.4 Å². The van der Waals surface area contributed by atoms with Gasteiger partial charge in [0.15, 0.2) is 17.5 Å². The van der Waals surface area contributed by atoms with Gasteiger partial charge in [-0.1, -0.05) is 18.2 Å². The summed E-state index contributed by atoms with van der Waals surface area (Å²) in [5, 5.41) is 3.44. The molecule has 3 heterocycles. The van der Waals surface area contributed by atoms with Crippen molar-refractivity contribution in [2.24, 2.45) is 4.99 Å². The van der Waals surface area contributed by atoms with Gasteiger partial charge in [-0.25, -0.2) is 4.98 Å². The van der Waals surface area contributed by atoms with Crippen LogP contribution in [-0.2, 0) is 16.0 Å². The van der Waals surface area contributed by atoms with Crippen LogP contribution < -0.4 is 14.8 Å². The van der Waals surface area contributed by atoms with E-state index in [0.717, 1.165) is 44.1 Å². The van der Waals surface area contributed by atoms with Crippen molar-refractivity contribution in [3.63, 3.8) is 0 Å². The summed E-state index contributed by atoms with van der Waals surface area (Å²) in [4.78, 5) is 11.2. The van der Waals surface area contributed by atoms with Gasteiger partial charge in [0.1, 0.15) is 6.10 Å². The van der Waals surface area contributed by atoms with Crippen molar-refractivity contribution in [2.45, 2.75) is 38.5 Å². The van der Waals surface area contributed by atoms with Crippen LogP contribution in [-0.4, -0.2) is 68.0 Å². The number of hydrogen-bond acceptors (Lipinski definition) is 6. The summed E-state index contributed by atoms with van der Waals surface area (Å²) in [5.41, 5.74) is 1.04. The number of morpholine rings is 1. The number of ether oxygens (including phenoxy) is 4. The zero-order chi connectivity index (χ0) is 22.2. The SMILES string of the molecule is CCOc1ccccc1Oc1ccc(CNC(=NC)N2CCOC(C3CCCO3)C2)cn1.I. The van der Waals surface area contributed by atoms with Crippen molar-refractivity contribution in [1.82, 2.24) is 15.2 Å². The summed E-state index contributed by atoms with van der Waals surface area (Å²) >= 11 is 0. The second kappa shape index (κ2) is 13.0. The number of halogens is 1. The smallest absolute Gasteiger partial charge is 0.219 e. The van der Waals surface area contributed by atoms with Crippen LogP contribution in [0.25, 0.3) is 0 Å². The topological polar surface area (TPSA) is 77.4 Å². The van der Waals surface area contributed by atoms with Gasteiger partial charge in [-0.15, -0.1) is 24.0 Å². The van der Waals surface area contributed by atoms with Gasteiger partial charge in [-0.2, -0.15) is 0 Å². The molecule has 1 aromatic carbocycles. The van der Waals surface area contributed by atoms with Crippen LogP contribution in [0.15, 0.2) is 47.6 Å². The highest BCUT2D eigenvalue weighted by atomic mass is 127. The predicted octanol–water partition coefficient (Wildman–Crippen LogP) is 3.85. The maximum Gasteiger partial charge on any atom is 0.219 e. The van der Waals surface area contributed by atoms with E-state index < -0.39 is 0 Å². The van der Waals surface area contributed by atoms with E-state index in [9.17, 15) is 0 Å². The highest BCUT2D eigenvalue weighted by Gasteiger charge is 2.32. The molecule has 2 saturated heterocycles. The van der Waals surface area contributed by atoms with Crippen LogP contribution in [0.1, 0.15) is 25.3 Å². The van der Waals surface area contributed by atoms with E-state index in [1.54, 1.807) is 0 Å². The minimum atomic E-state index is 0. The maximum atomic E-state index is 5.95. The Balaban J connectivity index is 0.00000306. The largest absolute Gasteiger partial charge is 0.490 e. The highest BCUT2D eigenvalue weighted by Crippen LogP contribution is 2.30. The number of nitrogens with one attached hydrogen (secondary N) is 1. The molecule has 1 aromatic heterocycles. The molecule has 8 nitrogen and oxygen atoms in total. The average molecular weight is 568 g/mol. The number of guanidine groups is 1. The van der Waals surface area contributed by atoms with Gasteiger partial charge in [-0.05, 0) is 37.5 Å². The molecule has 2 unspecified atom stereocenters. The lowest BCUT2D eigenvalue weighted by molar-refractivity contribution is -0.0817. The van der Waals surface area contributed by atoms with Crippen LogP contribution in [0.3, 0.4) is 0 Å². The van der Waals surface area contributed by atoms with E-state index in [2.05, 4.69) is 20.2 Å². The van der Waals surface area contributed by atoms with E-state index >= 15 is 0 Å². The highest BCUT2D eigenvalue weighted by molar-refractivity contribution is 14.0. The van der Waals surface area contributed by atoms with Crippen LogP contribution in [0.4, 0.5) is 0 Å². The first-order valence-electron chi connectivity index (χ1n) is 11.3. The number of aliphatic imine (C=N–C) groups is 1. The Bertz CT molecular complexity index is 890. The van der Waals surface area contributed by atoms with Crippen molar-refractivity contribution in [1.29, 1.82) is 0 Å². The molecule has 2 aliphatic heterocycles. The summed E-state index contributed by atoms with van der Waals surface area (Å²) < 4.78 is 23.3. The molecule has 2 fully saturated rings. The molecular formula is C24H33IN4O4. The molecule has 2 atom stereocenters. The Labute approximate surface area is 212 Å². The number of pyridine rings is 1. The molecule has 33 heavy (non-hydrogen) atoms. The Morgan fingerprint density at radius 3 is 2.67 bits per heavy atom. The average Bonchev–Trinajstić information content (AvgIpc) is 3.37. The molecule has 0 aliphatic carbocycles. The van der Waals surface area contributed by atoms with E-state index in [0.29, 0.717) is 37.1 Å². The van der Waals surface area contributed by atoms with E-state index in [-0.39, 0.29) is 36.2 Å². The quantitative estimate of drug-likeness (QED) is 0.309. The van der Waals surface area contributed by atoms with Crippen LogP contribution in [0, 0.1) is 0 Å². The van der Waals surface area contributed by atoms with Gasteiger partial charge in [0.25, 0.3) is 0 Å². The number of hydrogen-bond donors (Lipinski definition) is 1. The summed E-state index contributed by atoms with van der Waals surface area (Å²) in [7, 11) is 1.81. The Morgan fingerprint density at radius 2 is 1.97 bits per heavy atom. The molecule has 4 rings (SSSR count). The molecule has 2 aliphatic rings. The van der Waals surface area contributed by atoms with E-state index in [4.69, 9.17) is 18.9 Å². The number of aromatic nitrogens is 1. The second-order valence-electron chi connectivity index (χ2n) is 7.79. The molecule has 0 amide bonds.